The predicted molar refractivity (Wildman–Crippen MR) is 141 cm³/mol. The Morgan fingerprint density at radius 3 is 2.41 bits per heavy atom. The SMILES string of the molecule is CN(C)CCN(C)C(=O)[C@H]1CC[C@H](C(=O)Nc2c(C(=O)Nc3ccc(Cl)cn3)oc3ccncc23)CC1. The lowest BCUT2D eigenvalue weighted by molar-refractivity contribution is -0.136. The molecular weight excluding hydrogens is 496 g/mol. The molecule has 0 bridgehead atoms. The monoisotopic (exact) mass is 526 g/mol. The van der Waals surface area contributed by atoms with Crippen LogP contribution in [0.25, 0.3) is 11.0 Å². The van der Waals surface area contributed by atoms with Crippen LogP contribution in [-0.2, 0) is 9.59 Å². The van der Waals surface area contributed by atoms with Crippen LogP contribution in [0.5, 0.6) is 0 Å². The smallest absolute Gasteiger partial charge is 0.294 e. The van der Waals surface area contributed by atoms with E-state index in [9.17, 15) is 14.4 Å². The van der Waals surface area contributed by atoms with E-state index in [-0.39, 0.29) is 35.1 Å². The molecule has 1 aliphatic rings. The molecule has 0 atom stereocenters. The first kappa shape index (κ1) is 26.6. The van der Waals surface area contributed by atoms with Crippen LogP contribution in [0.1, 0.15) is 36.2 Å². The molecular formula is C26H31ClN6O4. The van der Waals surface area contributed by atoms with Gasteiger partial charge in [-0.3, -0.25) is 19.4 Å². The van der Waals surface area contributed by atoms with Crippen LogP contribution in [0.2, 0.25) is 5.02 Å². The van der Waals surface area contributed by atoms with Crippen LogP contribution in [0.15, 0.2) is 41.2 Å². The minimum atomic E-state index is -0.559. The Morgan fingerprint density at radius 1 is 1.00 bits per heavy atom. The fraction of sp³-hybridized carbons (Fsp3) is 0.423. The topological polar surface area (TPSA) is 121 Å². The van der Waals surface area contributed by atoms with Crippen molar-refractivity contribution in [2.24, 2.45) is 11.8 Å². The van der Waals surface area contributed by atoms with Crippen LogP contribution >= 0.6 is 11.6 Å². The van der Waals surface area contributed by atoms with Gasteiger partial charge in [-0.1, -0.05) is 11.6 Å². The molecule has 3 aromatic rings. The van der Waals surface area contributed by atoms with Crippen molar-refractivity contribution < 1.29 is 18.8 Å². The van der Waals surface area contributed by atoms with Gasteiger partial charge in [0.25, 0.3) is 5.91 Å². The van der Waals surface area contributed by atoms with E-state index in [1.165, 1.54) is 6.20 Å². The average molecular weight is 527 g/mol. The molecule has 3 amide bonds. The Morgan fingerprint density at radius 2 is 1.73 bits per heavy atom. The molecule has 0 aromatic carbocycles. The zero-order valence-corrected chi connectivity index (χ0v) is 21.9. The second-order valence-electron chi connectivity index (χ2n) is 9.59. The van der Waals surface area contributed by atoms with Gasteiger partial charge in [-0.25, -0.2) is 4.98 Å². The van der Waals surface area contributed by atoms with Crippen molar-refractivity contribution in [3.05, 3.63) is 47.6 Å². The Labute approximate surface area is 220 Å². The van der Waals surface area contributed by atoms with Gasteiger partial charge in [0.05, 0.1) is 10.4 Å². The first-order valence-electron chi connectivity index (χ1n) is 12.2. The molecule has 1 fully saturated rings. The maximum atomic E-state index is 13.2. The molecule has 1 saturated carbocycles. The number of likely N-dealkylation sites (N-methyl/N-ethyl adjacent to an activating group) is 2. The number of fused-ring (bicyclic) bond motifs is 1. The fourth-order valence-electron chi connectivity index (χ4n) is 4.45. The number of carbonyl (C=O) groups is 3. The van der Waals surface area contributed by atoms with Crippen LogP contribution in [0, 0.1) is 11.8 Å². The van der Waals surface area contributed by atoms with Gasteiger partial charge < -0.3 is 24.9 Å². The number of anilines is 2. The van der Waals surface area contributed by atoms with Crippen molar-refractivity contribution in [1.29, 1.82) is 0 Å². The van der Waals surface area contributed by atoms with Gasteiger partial charge in [-0.05, 0) is 58.0 Å². The van der Waals surface area contributed by atoms with Gasteiger partial charge in [0.2, 0.25) is 17.6 Å². The van der Waals surface area contributed by atoms with E-state index >= 15 is 0 Å². The van der Waals surface area contributed by atoms with Crippen molar-refractivity contribution in [2.45, 2.75) is 25.7 Å². The summed E-state index contributed by atoms with van der Waals surface area (Å²) in [6, 6.07) is 4.81. The van der Waals surface area contributed by atoms with Crippen molar-refractivity contribution in [2.75, 3.05) is 44.9 Å². The number of pyridine rings is 2. The van der Waals surface area contributed by atoms with Crippen LogP contribution < -0.4 is 10.6 Å². The molecule has 11 heteroatoms. The molecule has 2 N–H and O–H groups in total. The van der Waals surface area contributed by atoms with Gasteiger partial charge in [0.1, 0.15) is 17.1 Å². The van der Waals surface area contributed by atoms with Gasteiger partial charge in [-0.2, -0.15) is 0 Å². The van der Waals surface area contributed by atoms with E-state index in [0.717, 1.165) is 6.54 Å². The van der Waals surface area contributed by atoms with E-state index in [1.807, 2.05) is 26.0 Å². The van der Waals surface area contributed by atoms with E-state index in [0.29, 0.717) is 54.0 Å². The Hall–Kier alpha value is -3.50. The van der Waals surface area contributed by atoms with Crippen molar-refractivity contribution in [1.82, 2.24) is 19.8 Å². The van der Waals surface area contributed by atoms with Crippen molar-refractivity contribution in [3.63, 3.8) is 0 Å². The summed E-state index contributed by atoms with van der Waals surface area (Å²) in [7, 11) is 5.78. The molecule has 4 rings (SSSR count). The Balaban J connectivity index is 1.43. The second-order valence-corrected chi connectivity index (χ2v) is 10.0. The quantitative estimate of drug-likeness (QED) is 0.456. The summed E-state index contributed by atoms with van der Waals surface area (Å²) in [4.78, 5) is 51.1. The number of rotatable bonds is 8. The number of amides is 3. The highest BCUT2D eigenvalue weighted by Gasteiger charge is 2.32. The zero-order valence-electron chi connectivity index (χ0n) is 21.2. The lowest BCUT2D eigenvalue weighted by Crippen LogP contribution is -2.39. The summed E-state index contributed by atoms with van der Waals surface area (Å²) in [6.45, 7) is 1.47. The summed E-state index contributed by atoms with van der Waals surface area (Å²) in [6.07, 6.45) is 6.99. The van der Waals surface area contributed by atoms with Gasteiger partial charge in [0, 0.05) is 50.6 Å². The molecule has 1 aliphatic carbocycles. The van der Waals surface area contributed by atoms with Crippen LogP contribution in [-0.4, -0.2) is 71.7 Å². The highest BCUT2D eigenvalue weighted by molar-refractivity contribution is 6.30. The first-order chi connectivity index (χ1) is 17.7. The third-order valence-corrected chi connectivity index (χ3v) is 6.84. The molecule has 0 aliphatic heterocycles. The Kier molecular flexibility index (Phi) is 8.40. The lowest BCUT2D eigenvalue weighted by Gasteiger charge is -2.30. The second kappa shape index (κ2) is 11.7. The van der Waals surface area contributed by atoms with E-state index < -0.39 is 5.91 Å². The van der Waals surface area contributed by atoms with Gasteiger partial charge >= 0.3 is 0 Å². The third kappa shape index (κ3) is 6.44. The summed E-state index contributed by atoms with van der Waals surface area (Å²) in [5.41, 5.74) is 0.691. The minimum absolute atomic E-state index is 0.0421. The fourth-order valence-corrected chi connectivity index (χ4v) is 4.56. The molecule has 10 nitrogen and oxygen atoms in total. The van der Waals surface area contributed by atoms with Crippen LogP contribution in [0.3, 0.4) is 0 Å². The highest BCUT2D eigenvalue weighted by atomic mass is 35.5. The molecule has 0 saturated heterocycles. The predicted octanol–water partition coefficient (Wildman–Crippen LogP) is 3.89. The molecule has 196 valence electrons. The minimum Gasteiger partial charge on any atom is -0.448 e. The molecule has 37 heavy (non-hydrogen) atoms. The summed E-state index contributed by atoms with van der Waals surface area (Å²) >= 11 is 5.87. The Bertz CT molecular complexity index is 1270. The first-order valence-corrected chi connectivity index (χ1v) is 12.6. The van der Waals surface area contributed by atoms with Gasteiger partial charge in [-0.15, -0.1) is 0 Å². The number of hydrogen-bond acceptors (Lipinski definition) is 7. The summed E-state index contributed by atoms with van der Waals surface area (Å²) in [5.74, 6) is -0.742. The number of hydrogen-bond donors (Lipinski definition) is 2. The third-order valence-electron chi connectivity index (χ3n) is 6.62. The average Bonchev–Trinajstić information content (AvgIpc) is 3.26. The molecule has 0 radical (unpaired) electrons. The standard InChI is InChI=1S/C26H31ClN6O4/c1-32(2)12-13-33(3)26(36)17-6-4-16(5-7-17)24(34)31-22-19-15-28-11-10-20(19)37-23(22)25(35)30-21-9-8-18(27)14-29-21/h8-11,14-17H,4-7,12-13H2,1-3H3,(H,31,34)(H,29,30,35)/t16-,17-. The molecule has 3 aromatic heterocycles. The van der Waals surface area contributed by atoms with E-state index in [2.05, 4.69) is 20.6 Å². The number of carbonyl (C=O) groups excluding carboxylic acids is 3. The zero-order chi connectivity index (χ0) is 26.5. The number of aromatic nitrogens is 2. The normalized spacial score (nSPS) is 17.5. The maximum Gasteiger partial charge on any atom is 0.294 e. The summed E-state index contributed by atoms with van der Waals surface area (Å²) in [5, 5.41) is 6.54. The number of furan rings is 1. The molecule has 3 heterocycles. The number of halogens is 1. The van der Waals surface area contributed by atoms with E-state index in [4.69, 9.17) is 16.0 Å². The largest absolute Gasteiger partial charge is 0.448 e. The van der Waals surface area contributed by atoms with Crippen molar-refractivity contribution >= 4 is 51.8 Å². The number of nitrogens with one attached hydrogen (secondary N) is 2. The molecule has 0 spiro atoms. The molecule has 0 unspecified atom stereocenters. The highest BCUT2D eigenvalue weighted by Crippen LogP contribution is 2.34. The maximum absolute atomic E-state index is 13.2. The van der Waals surface area contributed by atoms with Crippen molar-refractivity contribution in [3.8, 4) is 0 Å². The van der Waals surface area contributed by atoms with Crippen LogP contribution in [0.4, 0.5) is 11.5 Å². The summed E-state index contributed by atoms with van der Waals surface area (Å²) < 4.78 is 5.79. The lowest BCUT2D eigenvalue weighted by atomic mass is 9.81. The number of nitrogens with zero attached hydrogens (tertiary/aromatic N) is 4. The van der Waals surface area contributed by atoms with Gasteiger partial charge in [0.15, 0.2) is 0 Å². The van der Waals surface area contributed by atoms with E-state index in [1.54, 1.807) is 35.5 Å².